The number of anilines is 1. The van der Waals surface area contributed by atoms with E-state index in [9.17, 15) is 18.0 Å². The van der Waals surface area contributed by atoms with Crippen LogP contribution in [0.15, 0.2) is 54.7 Å². The van der Waals surface area contributed by atoms with Crippen molar-refractivity contribution in [3.63, 3.8) is 0 Å². The summed E-state index contributed by atoms with van der Waals surface area (Å²) in [5.41, 5.74) is 1.09. The number of rotatable bonds is 6. The van der Waals surface area contributed by atoms with Crippen LogP contribution in [0, 0.1) is 5.82 Å². The van der Waals surface area contributed by atoms with Gasteiger partial charge < -0.3 is 4.74 Å². The third-order valence-corrected chi connectivity index (χ3v) is 4.30. The van der Waals surface area contributed by atoms with Crippen LogP contribution in [-0.2, 0) is 6.42 Å². The molecule has 8 heteroatoms. The van der Waals surface area contributed by atoms with Crippen LogP contribution in [0.4, 0.5) is 18.3 Å². The number of hydrogen-bond donors (Lipinski definition) is 1. The normalized spacial score (nSPS) is 10.8. The van der Waals surface area contributed by atoms with Crippen molar-refractivity contribution in [1.82, 2.24) is 4.98 Å². The molecular weight excluding hydrogens is 365 g/mol. The lowest BCUT2D eigenvalue weighted by atomic mass is 10.1. The van der Waals surface area contributed by atoms with Gasteiger partial charge in [0.15, 0.2) is 5.13 Å². The molecule has 3 aromatic rings. The third-order valence-electron chi connectivity index (χ3n) is 3.38. The molecule has 1 N–H and O–H groups in total. The summed E-state index contributed by atoms with van der Waals surface area (Å²) >= 11 is 1.28. The summed E-state index contributed by atoms with van der Waals surface area (Å²) < 4.78 is 41.7. The van der Waals surface area contributed by atoms with Crippen molar-refractivity contribution in [1.29, 1.82) is 0 Å². The van der Waals surface area contributed by atoms with E-state index in [-0.39, 0.29) is 17.1 Å². The lowest BCUT2D eigenvalue weighted by Gasteiger charge is -2.05. The third kappa shape index (κ3) is 4.82. The first kappa shape index (κ1) is 17.9. The van der Waals surface area contributed by atoms with Crippen molar-refractivity contribution in [2.24, 2.45) is 0 Å². The Morgan fingerprint density at radius 1 is 1.19 bits per heavy atom. The Hall–Kier alpha value is -2.87. The van der Waals surface area contributed by atoms with E-state index in [1.807, 2.05) is 6.07 Å². The fourth-order valence-electron chi connectivity index (χ4n) is 2.25. The van der Waals surface area contributed by atoms with Crippen molar-refractivity contribution in [2.45, 2.75) is 13.0 Å². The molecule has 0 aliphatic rings. The first-order chi connectivity index (χ1) is 12.5. The SMILES string of the molecule is O=C(Nc1ncc(Cc2cccc(F)c2)s1)c1ccc(OC(F)F)cc1. The average Bonchev–Trinajstić information content (AvgIpc) is 3.02. The van der Waals surface area contributed by atoms with Crippen LogP contribution in [0.3, 0.4) is 0 Å². The Kier molecular flexibility index (Phi) is 5.52. The number of benzene rings is 2. The standard InChI is InChI=1S/C18H13F3N2O2S/c19-13-3-1-2-11(8-13)9-15-10-22-18(26-15)23-16(24)12-4-6-14(7-5-12)25-17(20)21/h1-8,10,17H,9H2,(H,22,23,24). The number of carbonyl (C=O) groups is 1. The van der Waals surface area contributed by atoms with Gasteiger partial charge in [0.25, 0.3) is 5.91 Å². The molecule has 0 unspecified atom stereocenters. The zero-order valence-corrected chi connectivity index (χ0v) is 14.1. The number of nitrogens with one attached hydrogen (secondary N) is 1. The van der Waals surface area contributed by atoms with Gasteiger partial charge in [0.05, 0.1) is 0 Å². The Morgan fingerprint density at radius 3 is 2.65 bits per heavy atom. The van der Waals surface area contributed by atoms with Crippen molar-refractivity contribution in [3.05, 3.63) is 76.5 Å². The van der Waals surface area contributed by atoms with Gasteiger partial charge in [-0.1, -0.05) is 12.1 Å². The van der Waals surface area contributed by atoms with Gasteiger partial charge in [-0.15, -0.1) is 11.3 Å². The topological polar surface area (TPSA) is 51.2 Å². The molecule has 0 atom stereocenters. The fourth-order valence-corrected chi connectivity index (χ4v) is 3.09. The predicted molar refractivity (Wildman–Crippen MR) is 92.3 cm³/mol. The lowest BCUT2D eigenvalue weighted by molar-refractivity contribution is -0.0498. The highest BCUT2D eigenvalue weighted by atomic mass is 32.1. The monoisotopic (exact) mass is 378 g/mol. The molecule has 0 spiro atoms. The van der Waals surface area contributed by atoms with E-state index in [1.165, 1.54) is 47.7 Å². The number of nitrogens with zero attached hydrogens (tertiary/aromatic N) is 1. The molecule has 134 valence electrons. The quantitative estimate of drug-likeness (QED) is 0.675. The Balaban J connectivity index is 1.62. The maximum atomic E-state index is 13.2. The molecule has 2 aromatic carbocycles. The minimum Gasteiger partial charge on any atom is -0.435 e. The molecule has 0 bridgehead atoms. The highest BCUT2D eigenvalue weighted by Crippen LogP contribution is 2.22. The van der Waals surface area contributed by atoms with Crippen LogP contribution in [-0.4, -0.2) is 17.5 Å². The van der Waals surface area contributed by atoms with E-state index in [0.29, 0.717) is 11.6 Å². The summed E-state index contributed by atoms with van der Waals surface area (Å²) in [4.78, 5) is 17.2. The van der Waals surface area contributed by atoms with E-state index in [2.05, 4.69) is 15.0 Å². The number of amides is 1. The maximum Gasteiger partial charge on any atom is 0.387 e. The van der Waals surface area contributed by atoms with Gasteiger partial charge in [0.2, 0.25) is 0 Å². The second kappa shape index (κ2) is 8.01. The number of carbonyl (C=O) groups excluding carboxylic acids is 1. The number of alkyl halides is 2. The van der Waals surface area contributed by atoms with Crippen molar-refractivity contribution >= 4 is 22.4 Å². The largest absolute Gasteiger partial charge is 0.435 e. The molecular formula is C18H13F3N2O2S. The number of aromatic nitrogens is 1. The molecule has 0 saturated carbocycles. The minimum absolute atomic E-state index is 0.0248. The molecule has 0 saturated heterocycles. The van der Waals surface area contributed by atoms with Gasteiger partial charge in [-0.05, 0) is 42.0 Å². The smallest absolute Gasteiger partial charge is 0.387 e. The second-order valence-corrected chi connectivity index (χ2v) is 6.41. The molecule has 4 nitrogen and oxygen atoms in total. The summed E-state index contributed by atoms with van der Waals surface area (Å²) in [7, 11) is 0. The van der Waals surface area contributed by atoms with Gasteiger partial charge >= 0.3 is 6.61 Å². The first-order valence-corrected chi connectivity index (χ1v) is 8.36. The zero-order valence-electron chi connectivity index (χ0n) is 13.3. The summed E-state index contributed by atoms with van der Waals surface area (Å²) in [5.74, 6) is -0.747. The summed E-state index contributed by atoms with van der Waals surface area (Å²) in [5, 5.41) is 3.04. The van der Waals surface area contributed by atoms with E-state index < -0.39 is 12.5 Å². The maximum absolute atomic E-state index is 13.2. The van der Waals surface area contributed by atoms with Crippen LogP contribution >= 0.6 is 11.3 Å². The van der Waals surface area contributed by atoms with Gasteiger partial charge in [0, 0.05) is 23.1 Å². The van der Waals surface area contributed by atoms with Crippen LogP contribution in [0.2, 0.25) is 0 Å². The number of ether oxygens (including phenoxy) is 1. The summed E-state index contributed by atoms with van der Waals surface area (Å²) in [6, 6.07) is 11.6. The first-order valence-electron chi connectivity index (χ1n) is 7.55. The average molecular weight is 378 g/mol. The van der Waals surface area contributed by atoms with E-state index >= 15 is 0 Å². The molecule has 1 aromatic heterocycles. The van der Waals surface area contributed by atoms with Crippen molar-refractivity contribution in [3.8, 4) is 5.75 Å². The Morgan fingerprint density at radius 2 is 1.96 bits per heavy atom. The Labute approximate surface area is 151 Å². The molecule has 0 aliphatic carbocycles. The Bertz CT molecular complexity index is 897. The van der Waals surface area contributed by atoms with E-state index in [0.717, 1.165) is 10.4 Å². The van der Waals surface area contributed by atoms with Crippen molar-refractivity contribution in [2.75, 3.05) is 5.32 Å². The molecule has 26 heavy (non-hydrogen) atoms. The van der Waals surface area contributed by atoms with Crippen LogP contribution in [0.25, 0.3) is 0 Å². The number of hydrogen-bond acceptors (Lipinski definition) is 4. The van der Waals surface area contributed by atoms with Gasteiger partial charge in [-0.2, -0.15) is 8.78 Å². The highest BCUT2D eigenvalue weighted by molar-refractivity contribution is 7.15. The predicted octanol–water partition coefficient (Wildman–Crippen LogP) is 4.73. The minimum atomic E-state index is -2.92. The van der Waals surface area contributed by atoms with E-state index in [1.54, 1.807) is 12.3 Å². The second-order valence-electron chi connectivity index (χ2n) is 5.30. The summed E-state index contributed by atoms with van der Waals surface area (Å²) in [6.45, 7) is -2.92. The van der Waals surface area contributed by atoms with E-state index in [4.69, 9.17) is 0 Å². The van der Waals surface area contributed by atoms with Crippen LogP contribution in [0.5, 0.6) is 5.75 Å². The number of halogens is 3. The summed E-state index contributed by atoms with van der Waals surface area (Å²) in [6.07, 6.45) is 2.12. The molecule has 0 aliphatic heterocycles. The van der Waals surface area contributed by atoms with Gasteiger partial charge in [-0.3, -0.25) is 10.1 Å². The lowest BCUT2D eigenvalue weighted by Crippen LogP contribution is -2.11. The van der Waals surface area contributed by atoms with Crippen molar-refractivity contribution < 1.29 is 22.7 Å². The zero-order chi connectivity index (χ0) is 18.5. The molecule has 1 amide bonds. The van der Waals surface area contributed by atoms with Gasteiger partial charge in [-0.25, -0.2) is 9.37 Å². The van der Waals surface area contributed by atoms with Crippen LogP contribution in [0.1, 0.15) is 20.8 Å². The fraction of sp³-hybridized carbons (Fsp3) is 0.111. The molecule has 1 heterocycles. The molecule has 3 rings (SSSR count). The molecule has 0 fully saturated rings. The number of thiazole rings is 1. The van der Waals surface area contributed by atoms with Crippen LogP contribution < -0.4 is 10.1 Å². The highest BCUT2D eigenvalue weighted by Gasteiger charge is 2.11. The molecule has 0 radical (unpaired) electrons. The van der Waals surface area contributed by atoms with Gasteiger partial charge in [0.1, 0.15) is 11.6 Å².